The number of nitrogens with one attached hydrogen (secondary N) is 3. The standard InChI is InChI=1S/C41H67N5O6S/c1-11-20-46(40(49)36(28(8)14-4)45-38(48)35(42-10)27(7)13-3)33(26(5)6)24-34(52-21-12-2)39-44-32(25-53-39)37(47)43-31(22-29(9)41(50)51)23-30-18-16-15-17-19-30/h15-19,25-29,31,33-36,42H,11-14,20-24H2,1-10H3,(H,43,47)(H,45,48)(H,50,51)/t27-,28-,29-,31?,33+,34+,35-,36-/m0/s1. The van der Waals surface area contributed by atoms with Crippen molar-refractivity contribution in [1.82, 2.24) is 25.8 Å². The van der Waals surface area contributed by atoms with Crippen LogP contribution >= 0.6 is 11.3 Å². The van der Waals surface area contributed by atoms with Gasteiger partial charge in [-0.05, 0) is 56.0 Å². The summed E-state index contributed by atoms with van der Waals surface area (Å²) in [7, 11) is 1.78. The Hall–Kier alpha value is -3.35. The van der Waals surface area contributed by atoms with Crippen LogP contribution in [-0.2, 0) is 25.5 Å². The first kappa shape index (κ1) is 45.8. The second kappa shape index (κ2) is 23.4. The molecule has 0 bridgehead atoms. The fraction of sp³-hybridized carbons (Fsp3) is 0.683. The third-order valence-electron chi connectivity index (χ3n) is 10.2. The van der Waals surface area contributed by atoms with Crippen LogP contribution in [0.25, 0.3) is 0 Å². The summed E-state index contributed by atoms with van der Waals surface area (Å²) in [4.78, 5) is 60.1. The summed E-state index contributed by atoms with van der Waals surface area (Å²) < 4.78 is 6.41. The molecule has 0 fully saturated rings. The number of carboxylic acids is 1. The summed E-state index contributed by atoms with van der Waals surface area (Å²) >= 11 is 1.35. The summed E-state index contributed by atoms with van der Waals surface area (Å²) in [6.45, 7) is 19.1. The minimum atomic E-state index is -0.911. The Morgan fingerprint density at radius 1 is 0.887 bits per heavy atom. The Morgan fingerprint density at radius 2 is 1.53 bits per heavy atom. The number of rotatable bonds is 25. The second-order valence-electron chi connectivity index (χ2n) is 14.9. The molecular formula is C41H67N5O6S. The number of benzene rings is 1. The van der Waals surface area contributed by atoms with Crippen LogP contribution in [0.3, 0.4) is 0 Å². The summed E-state index contributed by atoms with van der Waals surface area (Å²) in [6, 6.07) is 7.97. The van der Waals surface area contributed by atoms with E-state index in [9.17, 15) is 24.3 Å². The maximum atomic E-state index is 14.6. The normalized spacial score (nSPS) is 16.1. The van der Waals surface area contributed by atoms with Crippen molar-refractivity contribution < 1.29 is 29.0 Å². The maximum Gasteiger partial charge on any atom is 0.306 e. The number of carboxylic acid groups (broad SMARTS) is 1. The quantitative estimate of drug-likeness (QED) is 0.0857. The van der Waals surface area contributed by atoms with Gasteiger partial charge in [0.05, 0.1) is 12.0 Å². The molecule has 3 amide bonds. The molecule has 11 nitrogen and oxygen atoms in total. The fourth-order valence-corrected chi connectivity index (χ4v) is 7.45. The molecule has 1 aromatic heterocycles. The van der Waals surface area contributed by atoms with Crippen molar-refractivity contribution in [2.45, 2.75) is 138 Å². The van der Waals surface area contributed by atoms with Crippen molar-refractivity contribution in [2.75, 3.05) is 20.2 Å². The van der Waals surface area contributed by atoms with Crippen molar-refractivity contribution in [3.63, 3.8) is 0 Å². The Bertz CT molecular complexity index is 1400. The fourth-order valence-electron chi connectivity index (χ4n) is 6.59. The molecule has 0 aliphatic rings. The van der Waals surface area contributed by atoms with Crippen LogP contribution < -0.4 is 16.0 Å². The lowest BCUT2D eigenvalue weighted by molar-refractivity contribution is -0.142. The molecule has 8 atom stereocenters. The number of carbonyl (C=O) groups is 4. The zero-order valence-corrected chi connectivity index (χ0v) is 34.6. The van der Waals surface area contributed by atoms with Gasteiger partial charge in [-0.25, -0.2) is 4.98 Å². The topological polar surface area (TPSA) is 150 Å². The summed E-state index contributed by atoms with van der Waals surface area (Å²) in [5.41, 5.74) is 1.25. The summed E-state index contributed by atoms with van der Waals surface area (Å²) in [5.74, 6) is -2.09. The predicted octanol–water partition coefficient (Wildman–Crippen LogP) is 6.88. The van der Waals surface area contributed by atoms with Gasteiger partial charge in [0.25, 0.3) is 5.91 Å². The highest BCUT2D eigenvalue weighted by atomic mass is 32.1. The predicted molar refractivity (Wildman–Crippen MR) is 213 cm³/mol. The number of hydrogen-bond acceptors (Lipinski definition) is 8. The van der Waals surface area contributed by atoms with Crippen molar-refractivity contribution in [3.8, 4) is 0 Å². The van der Waals surface area contributed by atoms with Gasteiger partial charge in [0.15, 0.2) is 0 Å². The van der Waals surface area contributed by atoms with Crippen LogP contribution in [0.1, 0.15) is 128 Å². The first-order valence-corrected chi connectivity index (χ1v) is 20.5. The van der Waals surface area contributed by atoms with Crippen LogP contribution in [0.4, 0.5) is 0 Å². The van der Waals surface area contributed by atoms with Gasteiger partial charge in [0, 0.05) is 37.0 Å². The van der Waals surface area contributed by atoms with Gasteiger partial charge in [-0.1, -0.05) is 105 Å². The largest absolute Gasteiger partial charge is 0.481 e. The van der Waals surface area contributed by atoms with Gasteiger partial charge in [0.1, 0.15) is 22.8 Å². The lowest BCUT2D eigenvalue weighted by Crippen LogP contribution is -2.59. The van der Waals surface area contributed by atoms with E-state index < -0.39 is 36.1 Å². The number of aromatic nitrogens is 1. The Morgan fingerprint density at radius 3 is 2.08 bits per heavy atom. The van der Waals surface area contributed by atoms with Crippen LogP contribution in [0.15, 0.2) is 35.7 Å². The van der Waals surface area contributed by atoms with Crippen molar-refractivity contribution in [1.29, 1.82) is 0 Å². The maximum absolute atomic E-state index is 14.6. The van der Waals surface area contributed by atoms with E-state index in [0.717, 1.165) is 31.2 Å². The van der Waals surface area contributed by atoms with E-state index in [0.29, 0.717) is 31.0 Å². The van der Waals surface area contributed by atoms with E-state index >= 15 is 0 Å². The number of nitrogens with zero attached hydrogens (tertiary/aromatic N) is 2. The molecule has 298 valence electrons. The lowest BCUT2D eigenvalue weighted by atomic mass is 9.91. The zero-order valence-electron chi connectivity index (χ0n) is 33.8. The Balaban J connectivity index is 2.40. The number of aliphatic carboxylic acids is 1. The summed E-state index contributed by atoms with van der Waals surface area (Å²) in [6.07, 6.45) is 3.85. The molecule has 12 heteroatoms. The number of amides is 3. The third kappa shape index (κ3) is 14.1. The molecule has 0 radical (unpaired) electrons. The van der Waals surface area contributed by atoms with Crippen LogP contribution in [-0.4, -0.2) is 83.0 Å². The molecule has 0 saturated heterocycles. The molecule has 0 aliphatic heterocycles. The van der Waals surface area contributed by atoms with Crippen molar-refractivity contribution in [3.05, 3.63) is 52.0 Å². The van der Waals surface area contributed by atoms with Gasteiger partial charge in [-0.2, -0.15) is 0 Å². The number of thiazole rings is 1. The van der Waals surface area contributed by atoms with Gasteiger partial charge in [-0.15, -0.1) is 11.3 Å². The molecule has 4 N–H and O–H groups in total. The van der Waals surface area contributed by atoms with Crippen LogP contribution in [0, 0.1) is 23.7 Å². The molecular weight excluding hydrogens is 691 g/mol. The number of hydrogen-bond donors (Lipinski definition) is 4. The van der Waals surface area contributed by atoms with Gasteiger partial charge in [-0.3, -0.25) is 19.2 Å². The smallest absolute Gasteiger partial charge is 0.306 e. The van der Waals surface area contributed by atoms with Gasteiger partial charge < -0.3 is 30.7 Å². The van der Waals surface area contributed by atoms with E-state index in [1.54, 1.807) is 19.4 Å². The van der Waals surface area contributed by atoms with E-state index in [2.05, 4.69) is 36.7 Å². The van der Waals surface area contributed by atoms with Crippen molar-refractivity contribution >= 4 is 35.0 Å². The van der Waals surface area contributed by atoms with Crippen molar-refractivity contribution in [2.24, 2.45) is 23.7 Å². The number of carbonyl (C=O) groups excluding carboxylic acids is 3. The molecule has 53 heavy (non-hydrogen) atoms. The van der Waals surface area contributed by atoms with Crippen LogP contribution in [0.2, 0.25) is 0 Å². The number of ether oxygens (including phenoxy) is 1. The molecule has 0 saturated carbocycles. The van der Waals surface area contributed by atoms with E-state index in [1.807, 2.05) is 69.9 Å². The zero-order chi connectivity index (χ0) is 39.7. The molecule has 0 aliphatic carbocycles. The highest BCUT2D eigenvalue weighted by Gasteiger charge is 2.38. The number of likely N-dealkylation sites (N-methyl/N-ethyl adjacent to an activating group) is 1. The molecule has 2 aromatic rings. The summed E-state index contributed by atoms with van der Waals surface area (Å²) in [5, 5.41) is 21.3. The van der Waals surface area contributed by atoms with Gasteiger partial charge >= 0.3 is 5.97 Å². The first-order chi connectivity index (χ1) is 25.2. The highest BCUT2D eigenvalue weighted by molar-refractivity contribution is 7.09. The second-order valence-corrected chi connectivity index (χ2v) is 15.8. The van der Waals surface area contributed by atoms with E-state index in [4.69, 9.17) is 9.72 Å². The minimum Gasteiger partial charge on any atom is -0.481 e. The molecule has 2 rings (SSSR count). The first-order valence-electron chi connectivity index (χ1n) is 19.6. The molecule has 1 aromatic carbocycles. The average Bonchev–Trinajstić information content (AvgIpc) is 3.63. The Kier molecular flexibility index (Phi) is 20.3. The van der Waals surface area contributed by atoms with E-state index in [1.165, 1.54) is 11.3 Å². The SMILES string of the molecule is CCCO[C@H](C[C@H](C(C)C)N(CCC)C(=O)[C@@H](NC(=O)[C@@H](NC)[C@@H](C)CC)[C@@H](C)CC)c1nc(C(=O)NC(Cc2ccccc2)C[C@H](C)C(=O)O)cs1. The van der Waals surface area contributed by atoms with E-state index in [-0.39, 0.29) is 53.6 Å². The highest BCUT2D eigenvalue weighted by Crippen LogP contribution is 2.32. The third-order valence-corrected chi connectivity index (χ3v) is 11.2. The lowest BCUT2D eigenvalue weighted by Gasteiger charge is -2.39. The average molecular weight is 758 g/mol. The monoisotopic (exact) mass is 757 g/mol. The van der Waals surface area contributed by atoms with Crippen LogP contribution in [0.5, 0.6) is 0 Å². The molecule has 1 unspecified atom stereocenters. The Labute approximate surface area is 322 Å². The molecule has 0 spiro atoms. The molecule has 1 heterocycles. The van der Waals surface area contributed by atoms with Gasteiger partial charge in [0.2, 0.25) is 11.8 Å². The minimum absolute atomic E-state index is 0.0642.